The molecule has 0 saturated heterocycles. The molecule has 2 heterocycles. The minimum atomic E-state index is 0.125. The van der Waals surface area contributed by atoms with Gasteiger partial charge in [0.15, 0.2) is 0 Å². The first-order chi connectivity index (χ1) is 10.6. The first-order valence-electron chi connectivity index (χ1n) is 7.04. The lowest BCUT2D eigenvalue weighted by atomic mass is 10.3. The Morgan fingerprint density at radius 2 is 2.32 bits per heavy atom. The Balaban J connectivity index is 2.30. The zero-order valence-electron chi connectivity index (χ0n) is 12.9. The maximum atomic E-state index is 12.3. The van der Waals surface area contributed by atoms with E-state index in [1.54, 1.807) is 35.1 Å². The van der Waals surface area contributed by atoms with Crippen LogP contribution in [0.4, 0.5) is 5.00 Å². The third-order valence-electron chi connectivity index (χ3n) is 3.19. The molecule has 0 radical (unpaired) electrons. The van der Waals surface area contributed by atoms with Crippen LogP contribution in [0.5, 0.6) is 0 Å². The molecule has 1 amide bonds. The molecule has 1 N–H and O–H groups in total. The van der Waals surface area contributed by atoms with Crippen LogP contribution in [0.1, 0.15) is 19.0 Å². The normalized spacial score (nSPS) is 10.7. The van der Waals surface area contributed by atoms with E-state index in [4.69, 9.17) is 0 Å². The van der Waals surface area contributed by atoms with E-state index >= 15 is 0 Å². The first kappa shape index (κ1) is 16.8. The molecule has 0 atom stereocenters. The van der Waals surface area contributed by atoms with Gasteiger partial charge in [-0.2, -0.15) is 11.8 Å². The van der Waals surface area contributed by atoms with Crippen molar-refractivity contribution in [2.24, 2.45) is 0 Å². The summed E-state index contributed by atoms with van der Waals surface area (Å²) >= 11 is 3.15. The number of carbonyl (C=O) groups excluding carboxylic acids is 1. The molecule has 0 aliphatic heterocycles. The lowest BCUT2D eigenvalue weighted by Gasteiger charge is -2.19. The van der Waals surface area contributed by atoms with Crippen molar-refractivity contribution >= 4 is 34.0 Å². The summed E-state index contributed by atoms with van der Waals surface area (Å²) in [4.78, 5) is 18.7. The summed E-state index contributed by atoms with van der Waals surface area (Å²) in [5.74, 6) is 0.948. The fraction of sp³-hybridized carbons (Fsp3) is 0.400. The molecule has 0 unspecified atom stereocenters. The van der Waals surface area contributed by atoms with Crippen molar-refractivity contribution in [1.82, 2.24) is 4.98 Å². The van der Waals surface area contributed by atoms with E-state index in [-0.39, 0.29) is 5.91 Å². The molecule has 0 aliphatic rings. The van der Waals surface area contributed by atoms with E-state index in [0.29, 0.717) is 13.0 Å². The molecule has 0 bridgehead atoms. The fourth-order valence-electron chi connectivity index (χ4n) is 2.11. The number of hydrogen-bond donors (Lipinski definition) is 1. The van der Waals surface area contributed by atoms with Gasteiger partial charge < -0.3 is 4.90 Å². The van der Waals surface area contributed by atoms with Crippen LogP contribution in [0.25, 0.3) is 10.6 Å². The van der Waals surface area contributed by atoms with Gasteiger partial charge in [0.2, 0.25) is 18.3 Å². The highest BCUT2D eigenvalue weighted by molar-refractivity contribution is 7.98. The molecular weight excluding hydrogens is 318 g/mol. The fourth-order valence-corrected chi connectivity index (χ4v) is 3.63. The number of thioether (sulfide) groups is 1. The predicted octanol–water partition coefficient (Wildman–Crippen LogP) is 2.75. The van der Waals surface area contributed by atoms with Crippen molar-refractivity contribution < 1.29 is 14.7 Å². The van der Waals surface area contributed by atoms with Gasteiger partial charge in [0.25, 0.3) is 0 Å². The number of thiazole rings is 1. The third-order valence-corrected chi connectivity index (χ3v) is 5.03. The van der Waals surface area contributed by atoms with Crippen LogP contribution in [-0.4, -0.2) is 34.7 Å². The summed E-state index contributed by atoms with van der Waals surface area (Å²) in [6.45, 7) is 4.51. The zero-order chi connectivity index (χ0) is 16.1. The van der Waals surface area contributed by atoms with E-state index in [1.807, 2.05) is 26.2 Å². The second-order valence-electron chi connectivity index (χ2n) is 4.76. The Morgan fingerprint density at radius 1 is 1.55 bits per heavy atom. The molecule has 2 aromatic heterocycles. The minimum Gasteiger partial charge on any atom is -0.303 e. The highest BCUT2D eigenvalue weighted by Gasteiger charge is 2.20. The van der Waals surface area contributed by atoms with Gasteiger partial charge >= 0.3 is 0 Å². The summed E-state index contributed by atoms with van der Waals surface area (Å²) in [6.07, 6.45) is 5.69. The van der Waals surface area contributed by atoms with Crippen molar-refractivity contribution in [3.63, 3.8) is 0 Å². The minimum absolute atomic E-state index is 0.125. The van der Waals surface area contributed by atoms with Crippen molar-refractivity contribution in [1.29, 1.82) is 0 Å². The van der Waals surface area contributed by atoms with Gasteiger partial charge in [0.1, 0.15) is 10.0 Å². The molecular formula is C15H20N3O2S2+. The molecule has 7 heteroatoms. The van der Waals surface area contributed by atoms with Gasteiger partial charge in [-0.05, 0) is 26.2 Å². The lowest BCUT2D eigenvalue weighted by molar-refractivity contribution is -0.904. The SMILES string of the molecule is CCN(C(=O)CCSC)c1sc(-c2ccc[n+](O)c2)nc1C. The number of hydrogen-bond acceptors (Lipinski definition) is 5. The summed E-state index contributed by atoms with van der Waals surface area (Å²) in [5, 5.41) is 11.2. The van der Waals surface area contributed by atoms with Crippen LogP contribution in [0.2, 0.25) is 0 Å². The van der Waals surface area contributed by atoms with E-state index < -0.39 is 0 Å². The van der Waals surface area contributed by atoms with Crippen molar-refractivity contribution in [3.05, 3.63) is 30.2 Å². The zero-order valence-corrected chi connectivity index (χ0v) is 14.6. The second-order valence-corrected chi connectivity index (χ2v) is 6.73. The summed E-state index contributed by atoms with van der Waals surface area (Å²) < 4.78 is 1.01. The number of aromatic nitrogens is 2. The van der Waals surface area contributed by atoms with Crippen LogP contribution < -0.4 is 9.63 Å². The van der Waals surface area contributed by atoms with Gasteiger partial charge in [-0.3, -0.25) is 10.0 Å². The topological polar surface area (TPSA) is 57.3 Å². The number of anilines is 1. The first-order valence-corrected chi connectivity index (χ1v) is 9.25. The Kier molecular flexibility index (Phi) is 5.79. The standard InChI is InChI=1S/C15H20N3O2S2/c1-4-18(13(19)7-9-21-3)15-11(2)16-14(22-15)12-6-5-8-17(20)10-12/h5-6,8,10,20H,4,7,9H2,1-3H3/q+1. The molecule has 118 valence electrons. The quantitative estimate of drug-likeness (QED) is 0.650. The molecule has 2 rings (SSSR count). The van der Waals surface area contributed by atoms with Crippen LogP contribution in [0.15, 0.2) is 24.5 Å². The number of amides is 1. The summed E-state index contributed by atoms with van der Waals surface area (Å²) in [5.41, 5.74) is 1.67. The van der Waals surface area contributed by atoms with Crippen molar-refractivity contribution in [2.75, 3.05) is 23.5 Å². The number of carbonyl (C=O) groups is 1. The van der Waals surface area contributed by atoms with Gasteiger partial charge in [-0.25, -0.2) is 4.98 Å². The molecule has 0 spiro atoms. The van der Waals surface area contributed by atoms with Crippen LogP contribution in [0, 0.1) is 6.92 Å². The molecule has 0 saturated carbocycles. The molecule has 0 fully saturated rings. The smallest absolute Gasteiger partial charge is 0.232 e. The maximum absolute atomic E-state index is 12.3. The van der Waals surface area contributed by atoms with E-state index in [0.717, 1.165) is 31.7 Å². The van der Waals surface area contributed by atoms with E-state index in [1.165, 1.54) is 11.3 Å². The summed E-state index contributed by atoms with van der Waals surface area (Å²) in [6, 6.07) is 3.65. The molecule has 0 aromatic carbocycles. The monoisotopic (exact) mass is 338 g/mol. The van der Waals surface area contributed by atoms with E-state index in [2.05, 4.69) is 4.98 Å². The highest BCUT2D eigenvalue weighted by atomic mass is 32.2. The Labute approximate surface area is 138 Å². The lowest BCUT2D eigenvalue weighted by Crippen LogP contribution is -2.30. The highest BCUT2D eigenvalue weighted by Crippen LogP contribution is 2.34. The third kappa shape index (κ3) is 3.78. The number of rotatable bonds is 6. The molecule has 0 aliphatic carbocycles. The number of aryl methyl sites for hydroxylation is 1. The Morgan fingerprint density at radius 3 is 2.95 bits per heavy atom. The Bertz CT molecular complexity index is 658. The van der Waals surface area contributed by atoms with Gasteiger partial charge in [-0.15, -0.1) is 0 Å². The summed E-state index contributed by atoms with van der Waals surface area (Å²) in [7, 11) is 0. The average Bonchev–Trinajstić information content (AvgIpc) is 2.88. The number of nitrogens with zero attached hydrogens (tertiary/aromatic N) is 3. The largest absolute Gasteiger partial charge is 0.303 e. The number of pyridine rings is 1. The predicted molar refractivity (Wildman–Crippen MR) is 90.7 cm³/mol. The van der Waals surface area contributed by atoms with E-state index in [9.17, 15) is 10.0 Å². The van der Waals surface area contributed by atoms with Crippen LogP contribution in [-0.2, 0) is 4.79 Å². The van der Waals surface area contributed by atoms with Crippen molar-refractivity contribution in [2.45, 2.75) is 20.3 Å². The van der Waals surface area contributed by atoms with Gasteiger partial charge in [0, 0.05) is 29.5 Å². The maximum Gasteiger partial charge on any atom is 0.232 e. The Hall–Kier alpha value is -1.60. The van der Waals surface area contributed by atoms with Crippen molar-refractivity contribution in [3.8, 4) is 10.6 Å². The van der Waals surface area contributed by atoms with Crippen LogP contribution in [0.3, 0.4) is 0 Å². The molecule has 22 heavy (non-hydrogen) atoms. The molecule has 5 nitrogen and oxygen atoms in total. The van der Waals surface area contributed by atoms with Gasteiger partial charge in [0.05, 0.1) is 11.3 Å². The second kappa shape index (κ2) is 7.60. The van der Waals surface area contributed by atoms with Crippen LogP contribution >= 0.6 is 23.1 Å². The molecule has 2 aromatic rings. The van der Waals surface area contributed by atoms with Gasteiger partial charge in [-0.1, -0.05) is 11.3 Å². The average molecular weight is 338 g/mol.